The Hall–Kier alpha value is -3.05. The molecule has 2 fully saturated rings. The molecule has 41 heavy (non-hydrogen) atoms. The fourth-order valence-electron chi connectivity index (χ4n) is 5.08. The predicted octanol–water partition coefficient (Wildman–Crippen LogP) is -1.17. The third kappa shape index (κ3) is 5.70. The molecule has 0 radical (unpaired) electrons. The summed E-state index contributed by atoms with van der Waals surface area (Å²) in [6.07, 6.45) is -15.4. The van der Waals surface area contributed by atoms with E-state index in [-0.39, 0.29) is 40.8 Å². The van der Waals surface area contributed by atoms with Crippen LogP contribution >= 0.6 is 0 Å². The molecule has 0 spiro atoms. The molecule has 2 saturated heterocycles. The van der Waals surface area contributed by atoms with Crippen molar-refractivity contribution >= 4 is 5.78 Å². The van der Waals surface area contributed by atoms with Crippen LogP contribution in [0.25, 0.3) is 0 Å². The Labute approximate surface area is 233 Å². The fraction of sp³-hybridized carbons (Fsp3) is 0.519. The molecule has 3 heterocycles. The number of aliphatic hydroxyl groups is 6. The summed E-state index contributed by atoms with van der Waals surface area (Å²) >= 11 is 0. The van der Waals surface area contributed by atoms with Crippen LogP contribution < -0.4 is 9.47 Å². The van der Waals surface area contributed by atoms with Crippen molar-refractivity contribution < 1.29 is 69.3 Å². The number of carbonyl (C=O) groups excluding carboxylic acids is 1. The number of hydrogen-bond donors (Lipinski definition) is 8. The second-order valence-electron chi connectivity index (χ2n) is 10.2. The molecule has 8 N–H and O–H groups in total. The third-order valence-corrected chi connectivity index (χ3v) is 7.41. The van der Waals surface area contributed by atoms with Gasteiger partial charge in [0.15, 0.2) is 18.2 Å². The molecule has 11 atom stereocenters. The molecule has 3 aliphatic rings. The highest BCUT2D eigenvalue weighted by molar-refractivity contribution is 6.02. The maximum Gasteiger partial charge on any atom is 0.229 e. The Bertz CT molecular complexity index is 1240. The minimum absolute atomic E-state index is 0.0119. The highest BCUT2D eigenvalue weighted by Crippen LogP contribution is 2.42. The van der Waals surface area contributed by atoms with E-state index in [1.54, 1.807) is 12.1 Å². The Morgan fingerprint density at radius 1 is 0.878 bits per heavy atom. The van der Waals surface area contributed by atoms with Gasteiger partial charge in [-0.3, -0.25) is 4.79 Å². The topological polar surface area (TPSA) is 225 Å². The van der Waals surface area contributed by atoms with E-state index in [1.165, 1.54) is 25.1 Å². The van der Waals surface area contributed by atoms with E-state index in [4.69, 9.17) is 23.7 Å². The summed E-state index contributed by atoms with van der Waals surface area (Å²) in [7, 11) is 0. The van der Waals surface area contributed by atoms with Crippen LogP contribution in [0.2, 0.25) is 0 Å². The summed E-state index contributed by atoms with van der Waals surface area (Å²) in [6, 6.07) is 8.52. The number of fused-ring (bicyclic) bond motifs is 1. The minimum atomic E-state index is -1.70. The third-order valence-electron chi connectivity index (χ3n) is 7.41. The second kappa shape index (κ2) is 11.7. The molecule has 224 valence electrons. The Kier molecular flexibility index (Phi) is 8.39. The SMILES string of the molecule is C[C@@H]1O[C@@H](O[C@H]2[C@@H](Oc3ccc(C4CC(=O)c5c(O)cc(O)cc5O4)cc3)O[C@H](CO)[C@@H](O)[C@@H]2O)[C@H](O)[C@H](O)[C@H]1O. The molecule has 14 heteroatoms. The zero-order chi connectivity index (χ0) is 29.6. The molecule has 2 aromatic carbocycles. The van der Waals surface area contributed by atoms with E-state index in [2.05, 4.69) is 0 Å². The molecule has 0 amide bonds. The summed E-state index contributed by atoms with van der Waals surface area (Å²) in [4.78, 5) is 12.6. The van der Waals surface area contributed by atoms with Crippen LogP contribution in [0.5, 0.6) is 23.0 Å². The van der Waals surface area contributed by atoms with Crippen LogP contribution in [-0.2, 0) is 14.2 Å². The van der Waals surface area contributed by atoms with Crippen LogP contribution in [0.4, 0.5) is 0 Å². The van der Waals surface area contributed by atoms with Gasteiger partial charge in [-0.2, -0.15) is 0 Å². The molecule has 5 rings (SSSR count). The van der Waals surface area contributed by atoms with Crippen LogP contribution in [0.3, 0.4) is 0 Å². The van der Waals surface area contributed by atoms with Crippen molar-refractivity contribution in [1.29, 1.82) is 0 Å². The molecule has 0 saturated carbocycles. The van der Waals surface area contributed by atoms with Crippen molar-refractivity contribution in [3.8, 4) is 23.0 Å². The number of phenols is 2. The van der Waals surface area contributed by atoms with Gasteiger partial charge >= 0.3 is 0 Å². The first-order chi connectivity index (χ1) is 19.5. The van der Waals surface area contributed by atoms with Crippen LogP contribution in [0.15, 0.2) is 36.4 Å². The first-order valence-corrected chi connectivity index (χ1v) is 13.0. The van der Waals surface area contributed by atoms with Crippen molar-refractivity contribution in [3.05, 3.63) is 47.5 Å². The molecule has 1 unspecified atom stereocenters. The molecule has 0 bridgehead atoms. The number of benzene rings is 2. The van der Waals surface area contributed by atoms with E-state index in [1.807, 2.05) is 0 Å². The summed E-state index contributed by atoms with van der Waals surface area (Å²) in [6.45, 7) is 0.789. The first-order valence-electron chi connectivity index (χ1n) is 13.0. The number of hydrogen-bond acceptors (Lipinski definition) is 14. The molecule has 0 aromatic heterocycles. The highest BCUT2D eigenvalue weighted by Gasteiger charge is 2.50. The highest BCUT2D eigenvalue weighted by atomic mass is 16.8. The van der Waals surface area contributed by atoms with E-state index in [9.17, 15) is 45.6 Å². The van der Waals surface area contributed by atoms with Crippen LogP contribution in [0, 0.1) is 0 Å². The van der Waals surface area contributed by atoms with E-state index in [0.29, 0.717) is 5.56 Å². The van der Waals surface area contributed by atoms with Gasteiger partial charge in [-0.1, -0.05) is 12.1 Å². The molecular weight excluding hydrogens is 548 g/mol. The van der Waals surface area contributed by atoms with Gasteiger partial charge in [-0.25, -0.2) is 0 Å². The fourth-order valence-corrected chi connectivity index (χ4v) is 5.08. The van der Waals surface area contributed by atoms with Gasteiger partial charge in [0.2, 0.25) is 6.29 Å². The Morgan fingerprint density at radius 2 is 1.59 bits per heavy atom. The summed E-state index contributed by atoms with van der Waals surface area (Å²) in [5, 5.41) is 81.0. The maximum atomic E-state index is 12.6. The lowest BCUT2D eigenvalue weighted by molar-refractivity contribution is -0.354. The van der Waals surface area contributed by atoms with Gasteiger partial charge in [0.1, 0.15) is 71.3 Å². The van der Waals surface area contributed by atoms with Gasteiger partial charge < -0.3 is 64.5 Å². The van der Waals surface area contributed by atoms with Gasteiger partial charge in [-0.05, 0) is 24.6 Å². The number of rotatable bonds is 6. The lowest BCUT2D eigenvalue weighted by atomic mass is 9.95. The van der Waals surface area contributed by atoms with E-state index < -0.39 is 74.1 Å². The summed E-state index contributed by atoms with van der Waals surface area (Å²) in [5.41, 5.74) is 0.558. The monoisotopic (exact) mass is 580 g/mol. The molecular formula is C27H32O14. The number of ether oxygens (including phenoxy) is 5. The lowest BCUT2D eigenvalue weighted by Crippen LogP contribution is -2.64. The minimum Gasteiger partial charge on any atom is -0.508 e. The number of carbonyl (C=O) groups is 1. The second-order valence-corrected chi connectivity index (χ2v) is 10.2. The number of aromatic hydroxyl groups is 2. The standard InChI is InChI=1S/C27H32O14/c1-10-20(32)22(34)24(36)26(37-10)41-25-23(35)21(33)18(9-28)40-27(25)38-13-4-2-11(3-5-13)16-8-15(31)19-14(30)6-12(29)7-17(19)39-16/h2-7,10,16,18,20-30,32-36H,8-9H2,1H3/t10-,16?,18+,20-,21+,22+,23-,24+,25+,26-,27-/m0/s1. The molecule has 14 nitrogen and oxygen atoms in total. The van der Waals surface area contributed by atoms with Gasteiger partial charge in [0.25, 0.3) is 0 Å². The van der Waals surface area contributed by atoms with Gasteiger partial charge in [-0.15, -0.1) is 0 Å². The van der Waals surface area contributed by atoms with Crippen LogP contribution in [-0.4, -0.2) is 115 Å². The van der Waals surface area contributed by atoms with Crippen molar-refractivity contribution in [3.63, 3.8) is 0 Å². The smallest absolute Gasteiger partial charge is 0.229 e. The number of Topliss-reactive ketones (excluding diaryl/α,β-unsaturated/α-hetero) is 1. The largest absolute Gasteiger partial charge is 0.508 e. The Balaban J connectivity index is 1.33. The van der Waals surface area contributed by atoms with Crippen LogP contribution in [0.1, 0.15) is 35.4 Å². The summed E-state index contributed by atoms with van der Waals surface area (Å²) in [5.74, 6) is -0.772. The zero-order valence-corrected chi connectivity index (χ0v) is 21.8. The quantitative estimate of drug-likeness (QED) is 0.202. The number of phenolic OH excluding ortho intramolecular Hbond substituents is 2. The Morgan fingerprint density at radius 3 is 2.27 bits per heavy atom. The normalized spacial score (nSPS) is 37.2. The molecule has 0 aliphatic carbocycles. The van der Waals surface area contributed by atoms with Crippen molar-refractivity contribution in [2.24, 2.45) is 0 Å². The first kappa shape index (κ1) is 29.4. The summed E-state index contributed by atoms with van der Waals surface area (Å²) < 4.78 is 28.5. The predicted molar refractivity (Wildman–Crippen MR) is 134 cm³/mol. The van der Waals surface area contributed by atoms with Gasteiger partial charge in [0.05, 0.1) is 19.1 Å². The van der Waals surface area contributed by atoms with Crippen molar-refractivity contribution in [2.45, 2.75) is 80.9 Å². The average Bonchev–Trinajstić information content (AvgIpc) is 2.93. The molecule has 2 aromatic rings. The molecule has 3 aliphatic heterocycles. The van der Waals surface area contributed by atoms with Crippen molar-refractivity contribution in [2.75, 3.05) is 6.61 Å². The number of ketones is 1. The van der Waals surface area contributed by atoms with Gasteiger partial charge in [0, 0.05) is 12.1 Å². The van der Waals surface area contributed by atoms with E-state index >= 15 is 0 Å². The lowest BCUT2D eigenvalue weighted by Gasteiger charge is -2.45. The van der Waals surface area contributed by atoms with E-state index in [0.717, 1.165) is 6.07 Å². The zero-order valence-electron chi connectivity index (χ0n) is 21.8. The average molecular weight is 581 g/mol. The van der Waals surface area contributed by atoms with Crippen molar-refractivity contribution in [1.82, 2.24) is 0 Å². The maximum absolute atomic E-state index is 12.6. The number of aliphatic hydroxyl groups excluding tert-OH is 6.